The Morgan fingerprint density at radius 1 is 1.25 bits per heavy atom. The minimum Gasteiger partial charge on any atom is -0.380 e. The molecule has 1 saturated carbocycles. The average Bonchev–Trinajstić information content (AvgIpc) is 2.45. The van der Waals surface area contributed by atoms with Crippen LogP contribution in [0.4, 0.5) is 0 Å². The summed E-state index contributed by atoms with van der Waals surface area (Å²) < 4.78 is 5.08. The van der Waals surface area contributed by atoms with Gasteiger partial charge in [0.15, 0.2) is 0 Å². The molecule has 1 fully saturated rings. The summed E-state index contributed by atoms with van der Waals surface area (Å²) in [6, 6.07) is 7.96. The maximum Gasteiger partial charge on any atom is 0.251 e. The molecule has 3 unspecified atom stereocenters. The quantitative estimate of drug-likeness (QED) is 0.914. The number of carbonyl (C=O) groups is 1. The van der Waals surface area contributed by atoms with Gasteiger partial charge in [-0.1, -0.05) is 38.8 Å². The van der Waals surface area contributed by atoms with Crippen molar-refractivity contribution in [1.82, 2.24) is 5.32 Å². The number of rotatable bonds is 4. The van der Waals surface area contributed by atoms with Crippen LogP contribution in [-0.2, 0) is 11.3 Å². The van der Waals surface area contributed by atoms with Crippen LogP contribution in [-0.4, -0.2) is 19.1 Å². The zero-order chi connectivity index (χ0) is 14.5. The van der Waals surface area contributed by atoms with Gasteiger partial charge in [-0.05, 0) is 36.0 Å². The van der Waals surface area contributed by atoms with Gasteiger partial charge in [0, 0.05) is 18.7 Å². The van der Waals surface area contributed by atoms with Crippen molar-refractivity contribution >= 4 is 5.91 Å². The van der Waals surface area contributed by atoms with Crippen molar-refractivity contribution in [3.63, 3.8) is 0 Å². The van der Waals surface area contributed by atoms with Gasteiger partial charge < -0.3 is 10.1 Å². The summed E-state index contributed by atoms with van der Waals surface area (Å²) in [4.78, 5) is 12.3. The molecule has 1 aliphatic rings. The van der Waals surface area contributed by atoms with Gasteiger partial charge in [0.05, 0.1) is 6.61 Å². The first kappa shape index (κ1) is 15.0. The van der Waals surface area contributed by atoms with Gasteiger partial charge in [-0.2, -0.15) is 0 Å². The molecule has 1 aliphatic carbocycles. The number of hydrogen-bond acceptors (Lipinski definition) is 2. The first-order valence-electron chi connectivity index (χ1n) is 7.50. The topological polar surface area (TPSA) is 38.3 Å². The molecule has 3 atom stereocenters. The van der Waals surface area contributed by atoms with E-state index < -0.39 is 0 Å². The predicted octanol–water partition coefficient (Wildman–Crippen LogP) is 3.39. The highest BCUT2D eigenvalue weighted by Crippen LogP contribution is 2.29. The van der Waals surface area contributed by atoms with Crippen LogP contribution in [0, 0.1) is 11.8 Å². The lowest BCUT2D eigenvalue weighted by Gasteiger charge is -2.34. The van der Waals surface area contributed by atoms with Crippen molar-refractivity contribution < 1.29 is 9.53 Å². The third-order valence-corrected chi connectivity index (χ3v) is 4.55. The van der Waals surface area contributed by atoms with Gasteiger partial charge in [-0.25, -0.2) is 0 Å². The van der Waals surface area contributed by atoms with Crippen LogP contribution in [0.2, 0.25) is 0 Å². The van der Waals surface area contributed by atoms with Gasteiger partial charge in [-0.15, -0.1) is 0 Å². The number of ether oxygens (including phenoxy) is 1. The summed E-state index contributed by atoms with van der Waals surface area (Å²) in [5.74, 6) is 1.29. The first-order valence-corrected chi connectivity index (χ1v) is 7.50. The Bertz CT molecular complexity index is 441. The van der Waals surface area contributed by atoms with E-state index in [0.29, 0.717) is 24.5 Å². The van der Waals surface area contributed by atoms with E-state index in [1.54, 1.807) is 7.11 Å². The smallest absolute Gasteiger partial charge is 0.251 e. The van der Waals surface area contributed by atoms with Crippen LogP contribution < -0.4 is 5.32 Å². The maximum absolute atomic E-state index is 12.3. The van der Waals surface area contributed by atoms with Crippen LogP contribution in [0.1, 0.15) is 49.0 Å². The average molecular weight is 275 g/mol. The number of carbonyl (C=O) groups excluding carboxylic acids is 1. The Morgan fingerprint density at radius 3 is 2.60 bits per heavy atom. The van der Waals surface area contributed by atoms with E-state index in [2.05, 4.69) is 19.2 Å². The fraction of sp³-hybridized carbons (Fsp3) is 0.588. The highest BCUT2D eigenvalue weighted by Gasteiger charge is 2.28. The molecule has 1 amide bonds. The molecule has 0 aliphatic heterocycles. The summed E-state index contributed by atoms with van der Waals surface area (Å²) in [7, 11) is 1.67. The van der Waals surface area contributed by atoms with E-state index in [-0.39, 0.29) is 5.91 Å². The standard InChI is InChI=1S/C17H25NO2/c1-12-5-4-6-16(13(12)2)18-17(19)15-9-7-14(8-10-15)11-20-3/h7-10,12-13,16H,4-6,11H2,1-3H3,(H,18,19). The van der Waals surface area contributed by atoms with E-state index in [1.807, 2.05) is 24.3 Å². The second kappa shape index (κ2) is 6.89. The number of methoxy groups -OCH3 is 1. The van der Waals surface area contributed by atoms with Crippen LogP contribution in [0.3, 0.4) is 0 Å². The van der Waals surface area contributed by atoms with E-state index in [1.165, 1.54) is 12.8 Å². The second-order valence-electron chi connectivity index (χ2n) is 5.98. The van der Waals surface area contributed by atoms with Crippen LogP contribution in [0.5, 0.6) is 0 Å². The fourth-order valence-electron chi connectivity index (χ4n) is 2.96. The van der Waals surface area contributed by atoms with Gasteiger partial charge >= 0.3 is 0 Å². The Balaban J connectivity index is 1.97. The van der Waals surface area contributed by atoms with Crippen molar-refractivity contribution in [2.24, 2.45) is 11.8 Å². The number of amides is 1. The van der Waals surface area contributed by atoms with E-state index in [9.17, 15) is 4.79 Å². The van der Waals surface area contributed by atoms with Gasteiger partial charge in [-0.3, -0.25) is 4.79 Å². The summed E-state index contributed by atoms with van der Waals surface area (Å²) >= 11 is 0. The Hall–Kier alpha value is -1.35. The zero-order valence-corrected chi connectivity index (χ0v) is 12.7. The van der Waals surface area contributed by atoms with Crippen molar-refractivity contribution in [2.45, 2.75) is 45.8 Å². The molecule has 2 rings (SSSR count). The second-order valence-corrected chi connectivity index (χ2v) is 5.98. The molecule has 110 valence electrons. The van der Waals surface area contributed by atoms with Crippen molar-refractivity contribution in [2.75, 3.05) is 7.11 Å². The third kappa shape index (κ3) is 3.60. The maximum atomic E-state index is 12.3. The summed E-state index contributed by atoms with van der Waals surface area (Å²) in [6.45, 7) is 5.11. The Morgan fingerprint density at radius 2 is 1.95 bits per heavy atom. The Labute approximate surface area is 121 Å². The lowest BCUT2D eigenvalue weighted by molar-refractivity contribution is 0.0891. The molecular formula is C17H25NO2. The molecule has 20 heavy (non-hydrogen) atoms. The molecule has 3 heteroatoms. The molecule has 1 aromatic rings. The fourth-order valence-corrected chi connectivity index (χ4v) is 2.96. The predicted molar refractivity (Wildman–Crippen MR) is 80.6 cm³/mol. The van der Waals surface area contributed by atoms with Gasteiger partial charge in [0.25, 0.3) is 5.91 Å². The van der Waals surface area contributed by atoms with E-state index >= 15 is 0 Å². The molecule has 1 N–H and O–H groups in total. The van der Waals surface area contributed by atoms with Crippen molar-refractivity contribution in [1.29, 1.82) is 0 Å². The van der Waals surface area contributed by atoms with Crippen LogP contribution in [0.15, 0.2) is 24.3 Å². The lowest BCUT2D eigenvalue weighted by Crippen LogP contribution is -2.43. The summed E-state index contributed by atoms with van der Waals surface area (Å²) in [6.07, 6.45) is 3.58. The number of benzene rings is 1. The minimum absolute atomic E-state index is 0.0416. The summed E-state index contributed by atoms with van der Waals surface area (Å²) in [5, 5.41) is 3.20. The molecule has 0 bridgehead atoms. The molecule has 0 radical (unpaired) electrons. The van der Waals surface area contributed by atoms with Gasteiger partial charge in [0.2, 0.25) is 0 Å². The van der Waals surface area contributed by atoms with E-state index in [0.717, 1.165) is 17.5 Å². The molecule has 0 spiro atoms. The normalized spacial score (nSPS) is 26.2. The molecule has 0 heterocycles. The highest BCUT2D eigenvalue weighted by atomic mass is 16.5. The lowest BCUT2D eigenvalue weighted by atomic mass is 9.78. The molecule has 0 saturated heterocycles. The summed E-state index contributed by atoms with van der Waals surface area (Å²) in [5.41, 5.74) is 1.82. The largest absolute Gasteiger partial charge is 0.380 e. The molecule has 1 aromatic carbocycles. The first-order chi connectivity index (χ1) is 9.61. The Kier molecular flexibility index (Phi) is 5.18. The number of nitrogens with one attached hydrogen (secondary N) is 1. The monoisotopic (exact) mass is 275 g/mol. The third-order valence-electron chi connectivity index (χ3n) is 4.55. The highest BCUT2D eigenvalue weighted by molar-refractivity contribution is 5.94. The van der Waals surface area contributed by atoms with E-state index in [4.69, 9.17) is 4.74 Å². The number of hydrogen-bond donors (Lipinski definition) is 1. The molecule has 3 nitrogen and oxygen atoms in total. The van der Waals surface area contributed by atoms with Crippen LogP contribution >= 0.6 is 0 Å². The van der Waals surface area contributed by atoms with Crippen molar-refractivity contribution in [3.05, 3.63) is 35.4 Å². The molecular weight excluding hydrogens is 250 g/mol. The molecule has 0 aromatic heterocycles. The SMILES string of the molecule is COCc1ccc(C(=O)NC2CCCC(C)C2C)cc1. The van der Waals surface area contributed by atoms with Crippen molar-refractivity contribution in [3.8, 4) is 0 Å². The zero-order valence-electron chi connectivity index (χ0n) is 12.7. The minimum atomic E-state index is 0.0416. The van der Waals surface area contributed by atoms with Crippen LogP contribution in [0.25, 0.3) is 0 Å². The van der Waals surface area contributed by atoms with Gasteiger partial charge in [0.1, 0.15) is 0 Å².